The molecule has 1 N–H and O–H groups in total. The first kappa shape index (κ1) is 52.2. The summed E-state index contributed by atoms with van der Waals surface area (Å²) in [6.07, 6.45) is 8.96. The zero-order valence-electron chi connectivity index (χ0n) is 36.1. The fraction of sp³-hybridized carbons (Fsp3) is 0.556. The molecule has 2 aliphatic heterocycles. The van der Waals surface area contributed by atoms with E-state index in [2.05, 4.69) is 91.7 Å². The highest BCUT2D eigenvalue weighted by Gasteiger charge is 2.26. The molecule has 334 valence electrons. The summed E-state index contributed by atoms with van der Waals surface area (Å²) in [6.45, 7) is 11.6. The maximum Gasteiger partial charge on any atom is 0.305 e. The molecule has 0 saturated carbocycles. The number of esters is 2. The molecule has 2 saturated heterocycles. The van der Waals surface area contributed by atoms with Crippen molar-refractivity contribution in [2.75, 3.05) is 40.5 Å². The van der Waals surface area contributed by atoms with Gasteiger partial charge in [0.1, 0.15) is 0 Å². The lowest BCUT2D eigenvalue weighted by atomic mass is 10.0. The highest BCUT2D eigenvalue weighted by Crippen LogP contribution is 2.32. The van der Waals surface area contributed by atoms with E-state index in [1.54, 1.807) is 4.68 Å². The molecule has 6 rings (SSSR count). The molecule has 2 fully saturated rings. The largest absolute Gasteiger partial charge is 0.750 e. The fourth-order valence-electron chi connectivity index (χ4n) is 7.79. The average Bonchev–Trinajstić information content (AvgIpc) is 4.02. The first-order chi connectivity index (χ1) is 27.8. The highest BCUT2D eigenvalue weighted by atomic mass is 35.5. The molecule has 13 nitrogen and oxygen atoms in total. The monoisotopic (exact) mass is 871 g/mol. The maximum absolute atomic E-state index is 11.3. The minimum atomic E-state index is -2.42. The molecule has 0 radical (unpaired) electrons. The van der Waals surface area contributed by atoms with Crippen LogP contribution in [-0.4, -0.2) is 85.6 Å². The smallest absolute Gasteiger partial charge is 0.305 e. The van der Waals surface area contributed by atoms with Gasteiger partial charge < -0.3 is 23.5 Å². The lowest BCUT2D eigenvalue weighted by Crippen LogP contribution is -2.26. The molecule has 60 heavy (non-hydrogen) atoms. The van der Waals surface area contributed by atoms with E-state index in [0.29, 0.717) is 31.3 Å². The average molecular weight is 873 g/mol. The van der Waals surface area contributed by atoms with Crippen molar-refractivity contribution in [1.82, 2.24) is 29.8 Å². The number of ether oxygens (including phenoxy) is 2. The van der Waals surface area contributed by atoms with Crippen molar-refractivity contribution < 1.29 is 32.0 Å². The van der Waals surface area contributed by atoms with Crippen LogP contribution in [0.1, 0.15) is 114 Å². The van der Waals surface area contributed by atoms with Gasteiger partial charge >= 0.3 is 11.9 Å². The van der Waals surface area contributed by atoms with E-state index < -0.39 is 11.4 Å². The second-order valence-corrected chi connectivity index (χ2v) is 15.7. The number of carbonyl (C=O) groups is 2. The Bertz CT molecular complexity index is 1930. The molecule has 3 atom stereocenters. The molecule has 0 bridgehead atoms. The van der Waals surface area contributed by atoms with Crippen LogP contribution in [0, 0.1) is 27.7 Å². The van der Waals surface area contributed by atoms with Crippen LogP contribution in [-0.2, 0) is 74.4 Å². The zero-order chi connectivity index (χ0) is 42.2. The molecule has 0 amide bonds. The quantitative estimate of drug-likeness (QED) is 0.0955. The molecule has 0 spiro atoms. The zero-order valence-corrected chi connectivity index (χ0v) is 37.7. The molecule has 2 aromatic carbocycles. The van der Waals surface area contributed by atoms with Gasteiger partial charge in [0.15, 0.2) is 0 Å². The van der Waals surface area contributed by atoms with Crippen LogP contribution >= 0.6 is 12.4 Å². The Morgan fingerprint density at radius 1 is 0.767 bits per heavy atom. The van der Waals surface area contributed by atoms with Crippen LogP contribution in [0.5, 0.6) is 0 Å². The molecular formula is C45H68ClN6O7S-. The van der Waals surface area contributed by atoms with E-state index in [0.717, 1.165) is 61.5 Å². The number of aryl methyl sites for hydroxylation is 6. The van der Waals surface area contributed by atoms with E-state index in [-0.39, 0.29) is 38.4 Å². The number of aromatic nitrogens is 4. The fourth-order valence-corrected chi connectivity index (χ4v) is 8.01. The molecule has 4 heterocycles. The van der Waals surface area contributed by atoms with Crippen LogP contribution in [0.2, 0.25) is 0 Å². The SMILES string of the molecule is C.COC(=O)CCc1ccc([C@H]2CCCN2)cc1.COC(=O)CCc1ccc([C@H]2CCCN2CCc2c(C)nn(C)c2C)cc1.Cc1nn(C)c(C)c1CCOS(=O)[O-].Cl. The minimum Gasteiger partial charge on any atom is -0.750 e. The third-order valence-corrected chi connectivity index (χ3v) is 11.7. The summed E-state index contributed by atoms with van der Waals surface area (Å²) in [4.78, 5) is 24.9. The van der Waals surface area contributed by atoms with Crippen LogP contribution in [0.4, 0.5) is 0 Å². The Hall–Kier alpha value is -3.92. The summed E-state index contributed by atoms with van der Waals surface area (Å²) in [5.41, 5.74) is 12.0. The summed E-state index contributed by atoms with van der Waals surface area (Å²) < 4.78 is 37.8. The number of methoxy groups -OCH3 is 2. The summed E-state index contributed by atoms with van der Waals surface area (Å²) in [6, 6.07) is 18.3. The molecule has 4 aromatic rings. The third kappa shape index (κ3) is 15.8. The number of hydrogen-bond donors (Lipinski definition) is 1. The van der Waals surface area contributed by atoms with E-state index in [1.165, 1.54) is 73.4 Å². The standard InChI is InChI=1S/C22H31N3O2.C14H19NO2.C8H14N2O3S.CH4.ClH/c1-16-20(17(2)24(3)23-16)13-15-25-14-5-6-21(25)19-10-7-18(8-11-19)9-12-22(26)27-4;1-17-14(16)9-6-11-4-7-12(8-5-11)13-3-2-10-15-13;1-6-8(4-5-13-14(11)12)7(2)10(3)9-6;;/h7-8,10-11,21H,5-6,9,12-15H2,1-4H3;4-5,7-8,13,15H,2-3,6,9-10H2,1H3;4-5H2,1-3H3,(H,11,12);1H4;1H/p-1/t21-;13-;;;/m11.../s1. The van der Waals surface area contributed by atoms with Gasteiger partial charge in [0.05, 0.1) is 43.6 Å². The highest BCUT2D eigenvalue weighted by molar-refractivity contribution is 7.74. The van der Waals surface area contributed by atoms with Gasteiger partial charge in [-0.3, -0.25) is 23.9 Å². The van der Waals surface area contributed by atoms with E-state index in [1.807, 2.05) is 32.6 Å². The van der Waals surface area contributed by atoms with E-state index in [4.69, 9.17) is 4.74 Å². The summed E-state index contributed by atoms with van der Waals surface area (Å²) in [5.74, 6) is -0.298. The molecule has 2 aliphatic rings. The van der Waals surface area contributed by atoms with Crippen LogP contribution in [0.25, 0.3) is 0 Å². The first-order valence-corrected chi connectivity index (χ1v) is 21.3. The number of carbonyl (C=O) groups excluding carboxylic acids is 2. The van der Waals surface area contributed by atoms with E-state index >= 15 is 0 Å². The van der Waals surface area contributed by atoms with Crippen molar-refractivity contribution in [2.24, 2.45) is 14.1 Å². The number of likely N-dealkylation sites (tertiary alicyclic amines) is 1. The summed E-state index contributed by atoms with van der Waals surface area (Å²) in [7, 11) is 6.75. The van der Waals surface area contributed by atoms with Gasteiger partial charge in [-0.25, -0.2) is 4.21 Å². The van der Waals surface area contributed by atoms with Gasteiger partial charge in [0, 0.05) is 63.4 Å². The first-order valence-electron chi connectivity index (χ1n) is 20.3. The Kier molecular flexibility index (Phi) is 23.0. The third-order valence-electron chi connectivity index (χ3n) is 11.4. The Morgan fingerprint density at radius 3 is 1.70 bits per heavy atom. The second-order valence-electron chi connectivity index (χ2n) is 15.1. The normalized spacial score (nSPS) is 16.4. The summed E-state index contributed by atoms with van der Waals surface area (Å²) in [5, 5.41) is 12.2. The van der Waals surface area contributed by atoms with Crippen molar-refractivity contribution in [2.45, 2.75) is 111 Å². The molecule has 0 aliphatic carbocycles. The molecule has 1 unspecified atom stereocenters. The number of halogens is 1. The van der Waals surface area contributed by atoms with Crippen LogP contribution < -0.4 is 5.32 Å². The van der Waals surface area contributed by atoms with Gasteiger partial charge in [-0.05, 0) is 119 Å². The number of rotatable bonds is 15. The Labute approximate surface area is 366 Å². The number of benzene rings is 2. The van der Waals surface area contributed by atoms with Gasteiger partial charge in [-0.15, -0.1) is 12.4 Å². The summed E-state index contributed by atoms with van der Waals surface area (Å²) >= 11 is -2.42. The van der Waals surface area contributed by atoms with Gasteiger partial charge in [0.25, 0.3) is 0 Å². The molecular weight excluding hydrogens is 804 g/mol. The second kappa shape index (κ2) is 26.4. The van der Waals surface area contributed by atoms with Gasteiger partial charge in [0.2, 0.25) is 0 Å². The predicted octanol–water partition coefficient (Wildman–Crippen LogP) is 7.19. The number of nitrogens with zero attached hydrogens (tertiary/aromatic N) is 5. The van der Waals surface area contributed by atoms with Crippen LogP contribution in [0.3, 0.4) is 0 Å². The lowest BCUT2D eigenvalue weighted by molar-refractivity contribution is -0.141. The van der Waals surface area contributed by atoms with Gasteiger partial charge in [-0.1, -0.05) is 56.0 Å². The van der Waals surface area contributed by atoms with Crippen molar-refractivity contribution in [3.05, 3.63) is 105 Å². The Morgan fingerprint density at radius 2 is 1.27 bits per heavy atom. The number of hydrogen-bond acceptors (Lipinski definition) is 11. The van der Waals surface area contributed by atoms with Crippen molar-refractivity contribution in [1.29, 1.82) is 0 Å². The molecule has 15 heteroatoms. The number of nitrogens with one attached hydrogen (secondary N) is 1. The van der Waals surface area contributed by atoms with E-state index in [9.17, 15) is 18.4 Å². The van der Waals surface area contributed by atoms with Crippen molar-refractivity contribution in [3.63, 3.8) is 0 Å². The maximum atomic E-state index is 11.3. The molecule has 2 aromatic heterocycles. The predicted molar refractivity (Wildman–Crippen MR) is 239 cm³/mol. The van der Waals surface area contributed by atoms with Crippen molar-refractivity contribution >= 4 is 35.7 Å². The Balaban J connectivity index is 0.000000326. The van der Waals surface area contributed by atoms with Gasteiger partial charge in [-0.2, -0.15) is 10.2 Å². The topological polar surface area (TPSA) is 153 Å². The minimum absolute atomic E-state index is 0. The lowest BCUT2D eigenvalue weighted by Gasteiger charge is -2.25. The van der Waals surface area contributed by atoms with Crippen LogP contribution in [0.15, 0.2) is 48.5 Å². The van der Waals surface area contributed by atoms with Crippen molar-refractivity contribution in [3.8, 4) is 0 Å².